The highest BCUT2D eigenvalue weighted by Gasteiger charge is 2.04. The molecule has 4 nitrogen and oxygen atoms in total. The average Bonchev–Trinajstić information content (AvgIpc) is 2.29. The zero-order valence-corrected chi connectivity index (χ0v) is 10.4. The molecule has 0 radical (unpaired) electrons. The molecule has 0 spiro atoms. The number of nitrogens with one attached hydrogen (secondary N) is 2. The number of hydrogen-bond donors (Lipinski definition) is 3. The second-order valence-corrected chi connectivity index (χ2v) is 3.77. The summed E-state index contributed by atoms with van der Waals surface area (Å²) in [5, 5.41) is 15.3. The van der Waals surface area contributed by atoms with Gasteiger partial charge in [-0.2, -0.15) is 0 Å². The molecule has 88 valence electrons. The molecule has 0 aliphatic rings. The van der Waals surface area contributed by atoms with Crippen molar-refractivity contribution in [2.45, 2.75) is 0 Å². The van der Waals surface area contributed by atoms with Crippen LogP contribution < -0.4 is 15.4 Å². The predicted octanol–water partition coefficient (Wildman–Crippen LogP) is 1.63. The van der Waals surface area contributed by atoms with Crippen LogP contribution in [-0.2, 0) is 0 Å². The predicted molar refractivity (Wildman–Crippen MR) is 69.3 cm³/mol. The Balaban J connectivity index is 2.68. The number of methoxy groups -OCH3 is 1. The lowest BCUT2D eigenvalue weighted by molar-refractivity contribution is 0.301. The Kier molecular flexibility index (Phi) is 5.31. The quantitative estimate of drug-likeness (QED) is 0.719. The van der Waals surface area contributed by atoms with Gasteiger partial charge in [0.05, 0.1) is 24.4 Å². The molecule has 3 N–H and O–H groups in total. The molecule has 0 heterocycles. The highest BCUT2D eigenvalue weighted by atomic mass is 35.5. The van der Waals surface area contributed by atoms with Gasteiger partial charge >= 0.3 is 0 Å². The van der Waals surface area contributed by atoms with Gasteiger partial charge in [0.1, 0.15) is 5.75 Å². The molecule has 0 bridgehead atoms. The van der Waals surface area contributed by atoms with Gasteiger partial charge in [-0.3, -0.25) is 0 Å². The maximum atomic E-state index is 8.62. The van der Waals surface area contributed by atoms with E-state index >= 15 is 0 Å². The first kappa shape index (κ1) is 13.0. The van der Waals surface area contributed by atoms with Gasteiger partial charge in [-0.15, -0.1) is 0 Å². The maximum absolute atomic E-state index is 8.62. The van der Waals surface area contributed by atoms with Crippen molar-refractivity contribution in [2.75, 3.05) is 25.6 Å². The first-order valence-corrected chi connectivity index (χ1v) is 5.45. The summed E-state index contributed by atoms with van der Waals surface area (Å²) >= 11 is 11.0. The summed E-state index contributed by atoms with van der Waals surface area (Å²) in [4.78, 5) is 0. The highest BCUT2D eigenvalue weighted by Crippen LogP contribution is 2.26. The van der Waals surface area contributed by atoms with Gasteiger partial charge in [0.25, 0.3) is 0 Å². The molecule has 0 aliphatic carbocycles. The number of rotatable bonds is 4. The van der Waals surface area contributed by atoms with E-state index in [0.717, 1.165) is 0 Å². The standard InChI is InChI=1S/C10H13ClN2O2S/c1-15-7-2-3-8(11)9(6-7)13-10(16)12-4-5-14/h2-3,6,14H,4-5H2,1H3,(H2,12,13,16). The van der Waals surface area contributed by atoms with E-state index in [1.54, 1.807) is 25.3 Å². The molecule has 0 unspecified atom stereocenters. The van der Waals surface area contributed by atoms with Crippen molar-refractivity contribution < 1.29 is 9.84 Å². The minimum Gasteiger partial charge on any atom is -0.497 e. The Morgan fingerprint density at radius 2 is 2.31 bits per heavy atom. The first-order chi connectivity index (χ1) is 7.67. The van der Waals surface area contributed by atoms with Crippen LogP contribution in [0.4, 0.5) is 5.69 Å². The Morgan fingerprint density at radius 1 is 1.56 bits per heavy atom. The number of aliphatic hydroxyl groups is 1. The molecule has 6 heteroatoms. The molecule has 1 aromatic carbocycles. The Hall–Kier alpha value is -1.04. The molecule has 0 aliphatic heterocycles. The van der Waals surface area contributed by atoms with Gasteiger partial charge in [-0.1, -0.05) is 11.6 Å². The number of halogens is 1. The third kappa shape index (κ3) is 3.84. The van der Waals surface area contributed by atoms with Crippen LogP contribution in [0.1, 0.15) is 0 Å². The topological polar surface area (TPSA) is 53.5 Å². The zero-order valence-electron chi connectivity index (χ0n) is 8.79. The number of anilines is 1. The van der Waals surface area contributed by atoms with Gasteiger partial charge in [-0.25, -0.2) is 0 Å². The van der Waals surface area contributed by atoms with Crippen molar-refractivity contribution in [1.82, 2.24) is 5.32 Å². The lowest BCUT2D eigenvalue weighted by atomic mass is 10.3. The normalized spacial score (nSPS) is 9.69. The van der Waals surface area contributed by atoms with E-state index < -0.39 is 0 Å². The van der Waals surface area contributed by atoms with Crippen LogP contribution in [0.2, 0.25) is 5.02 Å². The van der Waals surface area contributed by atoms with Gasteiger partial charge in [0.2, 0.25) is 0 Å². The second-order valence-electron chi connectivity index (χ2n) is 2.95. The number of benzene rings is 1. The van der Waals surface area contributed by atoms with Crippen molar-refractivity contribution in [3.05, 3.63) is 23.2 Å². The summed E-state index contributed by atoms with van der Waals surface area (Å²) in [5.41, 5.74) is 0.663. The second kappa shape index (κ2) is 6.52. The van der Waals surface area contributed by atoms with E-state index in [2.05, 4.69) is 10.6 Å². The summed E-state index contributed by atoms with van der Waals surface area (Å²) in [5.74, 6) is 0.692. The van der Waals surface area contributed by atoms with E-state index in [-0.39, 0.29) is 6.61 Å². The smallest absolute Gasteiger partial charge is 0.170 e. The summed E-state index contributed by atoms with van der Waals surface area (Å²) in [6.07, 6.45) is 0. The van der Waals surface area contributed by atoms with Crippen LogP contribution >= 0.6 is 23.8 Å². The lowest BCUT2D eigenvalue weighted by Gasteiger charge is -2.11. The lowest BCUT2D eigenvalue weighted by Crippen LogP contribution is -2.30. The largest absolute Gasteiger partial charge is 0.497 e. The minimum absolute atomic E-state index is 0.0215. The molecular weight excluding hydrogens is 248 g/mol. The van der Waals surface area contributed by atoms with Crippen molar-refractivity contribution in [1.29, 1.82) is 0 Å². The molecule has 0 atom stereocenters. The summed E-state index contributed by atoms with van der Waals surface area (Å²) in [6, 6.07) is 5.23. The Bertz CT molecular complexity index is 374. The summed E-state index contributed by atoms with van der Waals surface area (Å²) in [7, 11) is 1.58. The average molecular weight is 261 g/mol. The Labute approximate surface area is 105 Å². The van der Waals surface area contributed by atoms with Gasteiger partial charge in [-0.05, 0) is 24.4 Å². The van der Waals surface area contributed by atoms with Crippen LogP contribution in [0.25, 0.3) is 0 Å². The van der Waals surface area contributed by atoms with Gasteiger partial charge < -0.3 is 20.5 Å². The van der Waals surface area contributed by atoms with Crippen LogP contribution in [0.15, 0.2) is 18.2 Å². The minimum atomic E-state index is 0.0215. The number of ether oxygens (including phenoxy) is 1. The first-order valence-electron chi connectivity index (χ1n) is 4.66. The fourth-order valence-electron chi connectivity index (χ4n) is 1.06. The third-order valence-corrected chi connectivity index (χ3v) is 2.40. The van der Waals surface area contributed by atoms with E-state index in [4.69, 9.17) is 33.7 Å². The highest BCUT2D eigenvalue weighted by molar-refractivity contribution is 7.80. The number of aliphatic hydroxyl groups excluding tert-OH is 1. The van der Waals surface area contributed by atoms with Crippen molar-refractivity contribution in [2.24, 2.45) is 0 Å². The Morgan fingerprint density at radius 3 is 2.94 bits per heavy atom. The number of hydrogen-bond acceptors (Lipinski definition) is 3. The maximum Gasteiger partial charge on any atom is 0.170 e. The van der Waals surface area contributed by atoms with Crippen molar-refractivity contribution in [3.63, 3.8) is 0 Å². The van der Waals surface area contributed by atoms with Crippen molar-refractivity contribution in [3.8, 4) is 5.75 Å². The van der Waals surface area contributed by atoms with Crippen LogP contribution in [0, 0.1) is 0 Å². The molecule has 1 rings (SSSR count). The molecule has 1 aromatic rings. The molecular formula is C10H13ClN2O2S. The molecule has 0 saturated heterocycles. The van der Waals surface area contributed by atoms with Crippen LogP contribution in [-0.4, -0.2) is 30.5 Å². The van der Waals surface area contributed by atoms with Gasteiger partial charge in [0.15, 0.2) is 5.11 Å². The molecule has 0 saturated carbocycles. The van der Waals surface area contributed by atoms with Crippen LogP contribution in [0.3, 0.4) is 0 Å². The SMILES string of the molecule is COc1ccc(Cl)c(NC(=S)NCCO)c1. The molecule has 0 aromatic heterocycles. The van der Waals surface area contributed by atoms with E-state index in [9.17, 15) is 0 Å². The monoisotopic (exact) mass is 260 g/mol. The number of thiocarbonyl (C=S) groups is 1. The van der Waals surface area contributed by atoms with E-state index in [1.807, 2.05) is 0 Å². The fraction of sp³-hybridized carbons (Fsp3) is 0.300. The summed E-state index contributed by atoms with van der Waals surface area (Å²) in [6.45, 7) is 0.418. The molecule has 0 amide bonds. The zero-order chi connectivity index (χ0) is 12.0. The van der Waals surface area contributed by atoms with Crippen LogP contribution in [0.5, 0.6) is 5.75 Å². The van der Waals surface area contributed by atoms with E-state index in [1.165, 1.54) is 0 Å². The van der Waals surface area contributed by atoms with E-state index in [0.29, 0.717) is 28.1 Å². The van der Waals surface area contributed by atoms with Crippen molar-refractivity contribution >= 4 is 34.6 Å². The third-order valence-electron chi connectivity index (χ3n) is 1.82. The molecule has 0 fully saturated rings. The summed E-state index contributed by atoms with van der Waals surface area (Å²) < 4.78 is 5.07. The van der Waals surface area contributed by atoms with Gasteiger partial charge in [0, 0.05) is 12.6 Å². The fourth-order valence-corrected chi connectivity index (χ4v) is 1.44. The molecule has 16 heavy (non-hydrogen) atoms.